The summed E-state index contributed by atoms with van der Waals surface area (Å²) in [6, 6.07) is 7.42. The fourth-order valence-electron chi connectivity index (χ4n) is 2.22. The summed E-state index contributed by atoms with van der Waals surface area (Å²) in [5.41, 5.74) is 1.93. The van der Waals surface area contributed by atoms with Crippen molar-refractivity contribution in [1.29, 1.82) is 5.26 Å². The van der Waals surface area contributed by atoms with Gasteiger partial charge in [-0.15, -0.1) is 0 Å². The van der Waals surface area contributed by atoms with E-state index in [-0.39, 0.29) is 24.5 Å². The normalized spacial score (nSPS) is 12.2. The molecule has 3 rings (SSSR count). The minimum atomic E-state index is -0.377. The van der Waals surface area contributed by atoms with Crippen LogP contribution in [0.2, 0.25) is 0 Å². The van der Waals surface area contributed by atoms with E-state index in [2.05, 4.69) is 5.10 Å². The molecule has 0 spiro atoms. The van der Waals surface area contributed by atoms with Crippen LogP contribution in [-0.2, 0) is 6.54 Å². The average Bonchev–Trinajstić information content (AvgIpc) is 2.93. The molecule has 0 radical (unpaired) electrons. The molecule has 1 aromatic heterocycles. The van der Waals surface area contributed by atoms with Crippen molar-refractivity contribution < 1.29 is 9.47 Å². The molecule has 0 N–H and O–H groups in total. The third-order valence-electron chi connectivity index (χ3n) is 3.52. The summed E-state index contributed by atoms with van der Waals surface area (Å²) in [6.45, 7) is 4.00. The van der Waals surface area contributed by atoms with Crippen LogP contribution in [0.25, 0.3) is 0 Å². The molecule has 0 bridgehead atoms. The number of nitriles is 1. The van der Waals surface area contributed by atoms with Crippen molar-refractivity contribution in [3.05, 3.63) is 50.9 Å². The summed E-state index contributed by atoms with van der Waals surface area (Å²) in [5, 5.41) is 13.4. The number of nitrogens with zero attached hydrogens (tertiary/aromatic N) is 3. The zero-order valence-electron chi connectivity index (χ0n) is 11.7. The monoisotopic (exact) mass is 283 g/mol. The van der Waals surface area contributed by atoms with E-state index in [0.717, 1.165) is 5.56 Å². The van der Waals surface area contributed by atoms with Crippen LogP contribution in [0.4, 0.5) is 0 Å². The van der Waals surface area contributed by atoms with Crippen molar-refractivity contribution in [2.75, 3.05) is 6.79 Å². The van der Waals surface area contributed by atoms with E-state index in [1.165, 1.54) is 4.68 Å². The molecule has 2 heterocycles. The van der Waals surface area contributed by atoms with E-state index in [1.54, 1.807) is 19.9 Å². The number of ether oxygens (including phenoxy) is 2. The number of benzene rings is 1. The summed E-state index contributed by atoms with van der Waals surface area (Å²) >= 11 is 0. The molecule has 0 saturated heterocycles. The number of hydrogen-bond acceptors (Lipinski definition) is 5. The Labute approximate surface area is 121 Å². The minimum Gasteiger partial charge on any atom is -0.454 e. The van der Waals surface area contributed by atoms with Crippen molar-refractivity contribution in [3.8, 4) is 17.6 Å². The van der Waals surface area contributed by atoms with E-state index in [0.29, 0.717) is 22.8 Å². The Hall–Kier alpha value is -2.81. The Morgan fingerprint density at radius 3 is 2.86 bits per heavy atom. The van der Waals surface area contributed by atoms with Crippen LogP contribution in [0.3, 0.4) is 0 Å². The Balaban J connectivity index is 2.01. The smallest absolute Gasteiger partial charge is 0.285 e. The largest absolute Gasteiger partial charge is 0.454 e. The lowest BCUT2D eigenvalue weighted by Gasteiger charge is -2.09. The maximum absolute atomic E-state index is 12.2. The number of aryl methyl sites for hydroxylation is 1. The first-order chi connectivity index (χ1) is 10.1. The highest BCUT2D eigenvalue weighted by Gasteiger charge is 2.15. The van der Waals surface area contributed by atoms with Gasteiger partial charge in [-0.2, -0.15) is 10.4 Å². The summed E-state index contributed by atoms with van der Waals surface area (Å²) in [5.74, 6) is 1.35. The molecule has 0 saturated carbocycles. The van der Waals surface area contributed by atoms with Gasteiger partial charge in [0.1, 0.15) is 11.6 Å². The first-order valence-electron chi connectivity index (χ1n) is 6.47. The zero-order valence-corrected chi connectivity index (χ0v) is 11.7. The Kier molecular flexibility index (Phi) is 3.10. The minimum absolute atomic E-state index is 0.142. The second-order valence-electron chi connectivity index (χ2n) is 4.85. The molecule has 1 aromatic carbocycles. The van der Waals surface area contributed by atoms with Gasteiger partial charge in [-0.1, -0.05) is 6.07 Å². The highest BCUT2D eigenvalue weighted by atomic mass is 16.7. The first kappa shape index (κ1) is 13.2. The van der Waals surface area contributed by atoms with Crippen LogP contribution in [0.5, 0.6) is 11.5 Å². The SMILES string of the molecule is Cc1nn(Cc2ccc3c(c2)OCO3)c(=O)c(C#N)c1C. The van der Waals surface area contributed by atoms with Crippen molar-refractivity contribution in [2.24, 2.45) is 0 Å². The van der Waals surface area contributed by atoms with Gasteiger partial charge in [0.25, 0.3) is 5.56 Å². The number of aromatic nitrogens is 2. The summed E-state index contributed by atoms with van der Waals surface area (Å²) in [6.07, 6.45) is 0. The number of rotatable bonds is 2. The summed E-state index contributed by atoms with van der Waals surface area (Å²) < 4.78 is 11.9. The molecule has 2 aromatic rings. The van der Waals surface area contributed by atoms with Crippen molar-refractivity contribution in [2.45, 2.75) is 20.4 Å². The van der Waals surface area contributed by atoms with Gasteiger partial charge in [-0.05, 0) is 37.1 Å². The van der Waals surface area contributed by atoms with Crippen LogP contribution in [0, 0.1) is 25.2 Å². The van der Waals surface area contributed by atoms with Gasteiger partial charge in [-0.25, -0.2) is 4.68 Å². The van der Waals surface area contributed by atoms with E-state index < -0.39 is 0 Å². The molecule has 1 aliphatic rings. The second-order valence-corrected chi connectivity index (χ2v) is 4.85. The van der Waals surface area contributed by atoms with E-state index in [9.17, 15) is 4.79 Å². The lowest BCUT2D eigenvalue weighted by atomic mass is 10.1. The summed E-state index contributed by atoms with van der Waals surface area (Å²) in [4.78, 5) is 12.2. The Morgan fingerprint density at radius 1 is 1.33 bits per heavy atom. The molecule has 0 aliphatic carbocycles. The molecule has 0 fully saturated rings. The quantitative estimate of drug-likeness (QED) is 0.835. The maximum Gasteiger partial charge on any atom is 0.285 e. The van der Waals surface area contributed by atoms with Gasteiger partial charge in [0.2, 0.25) is 6.79 Å². The molecule has 6 nitrogen and oxygen atoms in total. The third kappa shape index (κ3) is 2.23. The predicted molar refractivity (Wildman–Crippen MR) is 74.4 cm³/mol. The highest BCUT2D eigenvalue weighted by molar-refractivity contribution is 5.44. The van der Waals surface area contributed by atoms with Gasteiger partial charge >= 0.3 is 0 Å². The lowest BCUT2D eigenvalue weighted by molar-refractivity contribution is 0.174. The molecule has 1 aliphatic heterocycles. The molecule has 106 valence electrons. The first-order valence-corrected chi connectivity index (χ1v) is 6.47. The second kappa shape index (κ2) is 4.94. The van der Waals surface area contributed by atoms with Crippen LogP contribution < -0.4 is 15.0 Å². The molecule has 21 heavy (non-hydrogen) atoms. The third-order valence-corrected chi connectivity index (χ3v) is 3.52. The fraction of sp³-hybridized carbons (Fsp3) is 0.267. The molecular weight excluding hydrogens is 270 g/mol. The van der Waals surface area contributed by atoms with Crippen molar-refractivity contribution in [1.82, 2.24) is 9.78 Å². The fourth-order valence-corrected chi connectivity index (χ4v) is 2.22. The van der Waals surface area contributed by atoms with E-state index >= 15 is 0 Å². The van der Waals surface area contributed by atoms with Gasteiger partial charge < -0.3 is 9.47 Å². The Morgan fingerprint density at radius 2 is 2.10 bits per heavy atom. The number of hydrogen-bond donors (Lipinski definition) is 0. The van der Waals surface area contributed by atoms with Crippen LogP contribution >= 0.6 is 0 Å². The average molecular weight is 283 g/mol. The van der Waals surface area contributed by atoms with Gasteiger partial charge in [0.05, 0.1) is 12.2 Å². The molecule has 0 amide bonds. The Bertz CT molecular complexity index is 818. The van der Waals surface area contributed by atoms with Crippen molar-refractivity contribution in [3.63, 3.8) is 0 Å². The van der Waals surface area contributed by atoms with Crippen LogP contribution in [0.15, 0.2) is 23.0 Å². The van der Waals surface area contributed by atoms with Crippen molar-refractivity contribution >= 4 is 0 Å². The van der Waals surface area contributed by atoms with Crippen LogP contribution in [0.1, 0.15) is 22.4 Å². The predicted octanol–water partition coefficient (Wildman–Crippen LogP) is 1.51. The lowest BCUT2D eigenvalue weighted by Crippen LogP contribution is -2.27. The zero-order chi connectivity index (χ0) is 15.0. The van der Waals surface area contributed by atoms with Gasteiger partial charge in [-0.3, -0.25) is 4.79 Å². The maximum atomic E-state index is 12.2. The van der Waals surface area contributed by atoms with Crippen LogP contribution in [-0.4, -0.2) is 16.6 Å². The standard InChI is InChI=1S/C15H13N3O3/c1-9-10(2)17-18(15(19)12(9)6-16)7-11-3-4-13-14(5-11)21-8-20-13/h3-5H,7-8H2,1-2H3. The topological polar surface area (TPSA) is 77.1 Å². The molecule has 0 atom stereocenters. The van der Waals surface area contributed by atoms with Gasteiger partial charge in [0.15, 0.2) is 11.5 Å². The summed E-state index contributed by atoms with van der Waals surface area (Å²) in [7, 11) is 0. The molecule has 0 unspecified atom stereocenters. The van der Waals surface area contributed by atoms with E-state index in [1.807, 2.05) is 18.2 Å². The van der Waals surface area contributed by atoms with E-state index in [4.69, 9.17) is 14.7 Å². The molecular formula is C15H13N3O3. The number of fused-ring (bicyclic) bond motifs is 1. The highest BCUT2D eigenvalue weighted by Crippen LogP contribution is 2.32. The molecule has 6 heteroatoms. The van der Waals surface area contributed by atoms with Gasteiger partial charge in [0, 0.05) is 0 Å².